The number of rotatable bonds is 6. The molecule has 0 bridgehead atoms. The third-order valence-electron chi connectivity index (χ3n) is 4.13. The van der Waals surface area contributed by atoms with Gasteiger partial charge < -0.3 is 14.8 Å². The van der Waals surface area contributed by atoms with E-state index in [1.165, 1.54) is 0 Å². The number of hydrogen-bond acceptors (Lipinski definition) is 5. The predicted molar refractivity (Wildman–Crippen MR) is 106 cm³/mol. The van der Waals surface area contributed by atoms with E-state index < -0.39 is 0 Å². The predicted octanol–water partition coefficient (Wildman–Crippen LogP) is 3.42. The number of carbonyl (C=O) groups excluding carboxylic acids is 1. The number of fused-ring (bicyclic) bond motifs is 1. The van der Waals surface area contributed by atoms with Crippen molar-refractivity contribution in [2.75, 3.05) is 19.0 Å². The summed E-state index contributed by atoms with van der Waals surface area (Å²) in [5.41, 5.74) is 2.27. The molecule has 1 N–H and O–H groups in total. The van der Waals surface area contributed by atoms with E-state index in [9.17, 15) is 4.79 Å². The number of ether oxygens (including phenoxy) is 2. The summed E-state index contributed by atoms with van der Waals surface area (Å²) >= 11 is 0. The van der Waals surface area contributed by atoms with Crippen molar-refractivity contribution in [3.05, 3.63) is 72.9 Å². The highest BCUT2D eigenvalue weighted by atomic mass is 16.5. The lowest BCUT2D eigenvalue weighted by atomic mass is 10.2. The van der Waals surface area contributed by atoms with Crippen LogP contribution in [-0.2, 0) is 4.79 Å². The number of hydrogen-bond donors (Lipinski definition) is 1. The first-order valence-electron chi connectivity index (χ1n) is 8.70. The summed E-state index contributed by atoms with van der Waals surface area (Å²) in [5, 5.41) is 11.2. The van der Waals surface area contributed by atoms with E-state index in [2.05, 4.69) is 15.5 Å². The largest absolute Gasteiger partial charge is 0.497 e. The standard InChI is InChI=1S/C21H18N4O3/c1-27-17-8-5-9-18(13-17)28-14-20(26)22-16-7-4-6-15(12-16)21-24-23-19-10-2-3-11-25(19)21/h2-13H,14H2,1H3,(H,22,26). The topological polar surface area (TPSA) is 77.8 Å². The molecule has 0 radical (unpaired) electrons. The monoisotopic (exact) mass is 374 g/mol. The Morgan fingerprint density at radius 2 is 1.86 bits per heavy atom. The highest BCUT2D eigenvalue weighted by molar-refractivity contribution is 5.92. The van der Waals surface area contributed by atoms with Gasteiger partial charge in [-0.05, 0) is 36.4 Å². The molecule has 4 aromatic rings. The molecule has 0 aliphatic carbocycles. The summed E-state index contributed by atoms with van der Waals surface area (Å²) in [5.74, 6) is 1.69. The Hall–Kier alpha value is -3.87. The van der Waals surface area contributed by atoms with Crippen molar-refractivity contribution in [1.29, 1.82) is 0 Å². The van der Waals surface area contributed by atoms with Crippen LogP contribution in [0.15, 0.2) is 72.9 Å². The molecule has 28 heavy (non-hydrogen) atoms. The Morgan fingerprint density at radius 1 is 1.00 bits per heavy atom. The Balaban J connectivity index is 1.45. The van der Waals surface area contributed by atoms with Gasteiger partial charge in [0.25, 0.3) is 5.91 Å². The first kappa shape index (κ1) is 17.5. The van der Waals surface area contributed by atoms with Gasteiger partial charge in [-0.25, -0.2) is 0 Å². The molecule has 0 unspecified atom stereocenters. The van der Waals surface area contributed by atoms with E-state index >= 15 is 0 Å². The third kappa shape index (κ3) is 3.78. The van der Waals surface area contributed by atoms with Gasteiger partial charge in [-0.2, -0.15) is 0 Å². The first-order chi connectivity index (χ1) is 13.7. The second-order valence-corrected chi connectivity index (χ2v) is 6.05. The van der Waals surface area contributed by atoms with Gasteiger partial charge in [0.1, 0.15) is 11.5 Å². The SMILES string of the molecule is COc1cccc(OCC(=O)Nc2cccc(-c3nnc4ccccn34)c2)c1. The van der Waals surface area contributed by atoms with E-state index in [4.69, 9.17) is 9.47 Å². The summed E-state index contributed by atoms with van der Waals surface area (Å²) in [6.45, 7) is -0.106. The number of carbonyl (C=O) groups is 1. The second kappa shape index (κ2) is 7.79. The Bertz CT molecular complexity index is 1120. The number of methoxy groups -OCH3 is 1. The number of nitrogens with one attached hydrogen (secondary N) is 1. The fraction of sp³-hybridized carbons (Fsp3) is 0.0952. The lowest BCUT2D eigenvalue weighted by Crippen LogP contribution is -2.20. The van der Waals surface area contributed by atoms with Crippen LogP contribution in [0.1, 0.15) is 0 Å². The molecule has 0 spiro atoms. The van der Waals surface area contributed by atoms with Gasteiger partial charge in [0, 0.05) is 23.5 Å². The molecule has 140 valence electrons. The molecule has 1 amide bonds. The van der Waals surface area contributed by atoms with Crippen molar-refractivity contribution in [1.82, 2.24) is 14.6 Å². The maximum atomic E-state index is 12.2. The van der Waals surface area contributed by atoms with Crippen molar-refractivity contribution >= 4 is 17.2 Å². The molecule has 0 saturated carbocycles. The minimum Gasteiger partial charge on any atom is -0.497 e. The molecule has 0 atom stereocenters. The lowest BCUT2D eigenvalue weighted by Gasteiger charge is -2.09. The number of anilines is 1. The Labute approximate surface area is 161 Å². The Kier molecular flexibility index (Phi) is 4.88. The van der Waals surface area contributed by atoms with E-state index in [1.807, 2.05) is 59.1 Å². The van der Waals surface area contributed by atoms with Gasteiger partial charge in [0.15, 0.2) is 18.1 Å². The van der Waals surface area contributed by atoms with Crippen molar-refractivity contribution in [2.45, 2.75) is 0 Å². The Morgan fingerprint density at radius 3 is 2.75 bits per heavy atom. The molecule has 4 rings (SSSR count). The minimum absolute atomic E-state index is 0.106. The van der Waals surface area contributed by atoms with E-state index in [-0.39, 0.29) is 12.5 Å². The lowest BCUT2D eigenvalue weighted by molar-refractivity contribution is -0.118. The number of benzene rings is 2. The fourth-order valence-electron chi connectivity index (χ4n) is 2.81. The van der Waals surface area contributed by atoms with Gasteiger partial charge in [-0.1, -0.05) is 24.3 Å². The van der Waals surface area contributed by atoms with Crippen LogP contribution < -0.4 is 14.8 Å². The maximum Gasteiger partial charge on any atom is 0.262 e. The van der Waals surface area contributed by atoms with E-state index in [0.29, 0.717) is 23.0 Å². The van der Waals surface area contributed by atoms with Crippen molar-refractivity contribution in [3.8, 4) is 22.9 Å². The number of amides is 1. The molecule has 0 saturated heterocycles. The molecule has 0 aliphatic heterocycles. The molecule has 0 aliphatic rings. The van der Waals surface area contributed by atoms with Gasteiger partial charge in [0.2, 0.25) is 0 Å². The highest BCUT2D eigenvalue weighted by Gasteiger charge is 2.10. The molecule has 7 heteroatoms. The molecular weight excluding hydrogens is 356 g/mol. The summed E-state index contributed by atoms with van der Waals surface area (Å²) in [6, 6.07) is 20.3. The second-order valence-electron chi connectivity index (χ2n) is 6.05. The minimum atomic E-state index is -0.258. The summed E-state index contributed by atoms with van der Waals surface area (Å²) < 4.78 is 12.6. The van der Waals surface area contributed by atoms with Crippen LogP contribution in [0, 0.1) is 0 Å². The van der Waals surface area contributed by atoms with Crippen LogP contribution in [-0.4, -0.2) is 34.2 Å². The van der Waals surface area contributed by atoms with Crippen LogP contribution in [0.3, 0.4) is 0 Å². The quantitative estimate of drug-likeness (QED) is 0.559. The van der Waals surface area contributed by atoms with Gasteiger partial charge in [-0.3, -0.25) is 9.20 Å². The van der Waals surface area contributed by atoms with Crippen LogP contribution in [0.25, 0.3) is 17.0 Å². The maximum absolute atomic E-state index is 12.2. The van der Waals surface area contributed by atoms with E-state index in [1.54, 1.807) is 25.3 Å². The average Bonchev–Trinajstić information content (AvgIpc) is 3.17. The van der Waals surface area contributed by atoms with E-state index in [0.717, 1.165) is 11.2 Å². The molecule has 0 fully saturated rings. The van der Waals surface area contributed by atoms with Crippen LogP contribution in [0.2, 0.25) is 0 Å². The third-order valence-corrected chi connectivity index (χ3v) is 4.13. The van der Waals surface area contributed by atoms with Gasteiger partial charge in [-0.15, -0.1) is 10.2 Å². The molecular formula is C21H18N4O3. The molecule has 2 aromatic heterocycles. The first-order valence-corrected chi connectivity index (χ1v) is 8.70. The van der Waals surface area contributed by atoms with Crippen LogP contribution >= 0.6 is 0 Å². The van der Waals surface area contributed by atoms with Crippen molar-refractivity contribution in [2.24, 2.45) is 0 Å². The zero-order valence-electron chi connectivity index (χ0n) is 15.2. The van der Waals surface area contributed by atoms with Crippen molar-refractivity contribution in [3.63, 3.8) is 0 Å². The average molecular weight is 374 g/mol. The zero-order valence-corrected chi connectivity index (χ0v) is 15.2. The molecule has 2 aromatic carbocycles. The highest BCUT2D eigenvalue weighted by Crippen LogP contribution is 2.22. The number of aromatic nitrogens is 3. The van der Waals surface area contributed by atoms with Crippen LogP contribution in [0.4, 0.5) is 5.69 Å². The number of pyridine rings is 1. The summed E-state index contributed by atoms with van der Waals surface area (Å²) in [4.78, 5) is 12.2. The fourth-order valence-corrected chi connectivity index (χ4v) is 2.81. The van der Waals surface area contributed by atoms with Crippen molar-refractivity contribution < 1.29 is 14.3 Å². The molecule has 2 heterocycles. The van der Waals surface area contributed by atoms with Gasteiger partial charge in [0.05, 0.1) is 7.11 Å². The smallest absolute Gasteiger partial charge is 0.262 e. The van der Waals surface area contributed by atoms with Gasteiger partial charge >= 0.3 is 0 Å². The number of nitrogens with zero attached hydrogens (tertiary/aromatic N) is 3. The summed E-state index contributed by atoms with van der Waals surface area (Å²) in [6.07, 6.45) is 1.90. The molecule has 7 nitrogen and oxygen atoms in total. The normalized spacial score (nSPS) is 10.6. The summed E-state index contributed by atoms with van der Waals surface area (Å²) in [7, 11) is 1.58. The zero-order chi connectivity index (χ0) is 19.3. The van der Waals surface area contributed by atoms with Crippen LogP contribution in [0.5, 0.6) is 11.5 Å².